The molecular weight excluding hydrogens is 232 g/mol. The Labute approximate surface area is 118 Å². The summed E-state index contributed by atoms with van der Waals surface area (Å²) >= 11 is 0. The van der Waals surface area contributed by atoms with Crippen LogP contribution in [0, 0.1) is 12.8 Å². The van der Waals surface area contributed by atoms with Gasteiger partial charge in [-0.05, 0) is 61.0 Å². The summed E-state index contributed by atoms with van der Waals surface area (Å²) in [6.07, 6.45) is 1.31. The summed E-state index contributed by atoms with van der Waals surface area (Å²) in [7, 11) is 0. The molecular formula is C17H28N2. The van der Waals surface area contributed by atoms with Crippen LogP contribution in [0.2, 0.25) is 0 Å². The van der Waals surface area contributed by atoms with Gasteiger partial charge >= 0.3 is 0 Å². The van der Waals surface area contributed by atoms with E-state index in [1.165, 1.54) is 36.2 Å². The van der Waals surface area contributed by atoms with Gasteiger partial charge in [0.05, 0.1) is 0 Å². The predicted molar refractivity (Wildman–Crippen MR) is 82.6 cm³/mol. The highest BCUT2D eigenvalue weighted by Crippen LogP contribution is 2.24. The Morgan fingerprint density at radius 3 is 2.74 bits per heavy atom. The lowest BCUT2D eigenvalue weighted by Gasteiger charge is -2.21. The van der Waals surface area contributed by atoms with Gasteiger partial charge in [-0.1, -0.05) is 39.0 Å². The van der Waals surface area contributed by atoms with Crippen molar-refractivity contribution < 1.29 is 0 Å². The van der Waals surface area contributed by atoms with Crippen molar-refractivity contribution in [3.05, 3.63) is 34.9 Å². The van der Waals surface area contributed by atoms with Gasteiger partial charge in [0.15, 0.2) is 0 Å². The van der Waals surface area contributed by atoms with Crippen LogP contribution in [0.25, 0.3) is 0 Å². The standard InChI is InChI=1S/C17H28N2/c1-13-5-6-16(17(2,3)4)9-15(13)12-19-11-14-7-8-18-10-14/h5-6,9,14,18-19H,7-8,10-12H2,1-4H3. The monoisotopic (exact) mass is 260 g/mol. The summed E-state index contributed by atoms with van der Waals surface area (Å²) in [6, 6.07) is 6.89. The fourth-order valence-electron chi connectivity index (χ4n) is 2.63. The molecule has 106 valence electrons. The highest BCUT2D eigenvalue weighted by molar-refractivity contribution is 5.34. The first-order valence-electron chi connectivity index (χ1n) is 7.48. The van der Waals surface area contributed by atoms with E-state index in [0.717, 1.165) is 19.0 Å². The van der Waals surface area contributed by atoms with E-state index in [1.54, 1.807) is 0 Å². The van der Waals surface area contributed by atoms with E-state index in [2.05, 4.69) is 56.5 Å². The Morgan fingerprint density at radius 2 is 2.11 bits per heavy atom. The summed E-state index contributed by atoms with van der Waals surface area (Å²) in [4.78, 5) is 0. The summed E-state index contributed by atoms with van der Waals surface area (Å²) in [5.41, 5.74) is 4.50. The van der Waals surface area contributed by atoms with E-state index >= 15 is 0 Å². The molecule has 0 bridgehead atoms. The Morgan fingerprint density at radius 1 is 1.32 bits per heavy atom. The second-order valence-corrected chi connectivity index (χ2v) is 6.88. The molecule has 1 unspecified atom stereocenters. The minimum absolute atomic E-state index is 0.234. The van der Waals surface area contributed by atoms with Crippen LogP contribution in [0.1, 0.15) is 43.9 Å². The van der Waals surface area contributed by atoms with Crippen molar-refractivity contribution in [2.24, 2.45) is 5.92 Å². The summed E-state index contributed by atoms with van der Waals surface area (Å²) in [6.45, 7) is 13.5. The molecule has 1 aliphatic heterocycles. The maximum atomic E-state index is 3.62. The fraction of sp³-hybridized carbons (Fsp3) is 0.647. The first-order valence-corrected chi connectivity index (χ1v) is 7.48. The minimum Gasteiger partial charge on any atom is -0.316 e. The average Bonchev–Trinajstić information content (AvgIpc) is 2.83. The van der Waals surface area contributed by atoms with Crippen LogP contribution in [0.3, 0.4) is 0 Å². The Bertz CT molecular complexity index is 412. The zero-order chi connectivity index (χ0) is 13.9. The summed E-state index contributed by atoms with van der Waals surface area (Å²) in [5.74, 6) is 0.811. The van der Waals surface area contributed by atoms with Crippen LogP contribution in [-0.4, -0.2) is 19.6 Å². The molecule has 1 aliphatic rings. The second-order valence-electron chi connectivity index (χ2n) is 6.88. The van der Waals surface area contributed by atoms with Crippen molar-refractivity contribution in [1.82, 2.24) is 10.6 Å². The third-order valence-electron chi connectivity index (χ3n) is 4.13. The molecule has 1 aromatic rings. The van der Waals surface area contributed by atoms with Crippen LogP contribution < -0.4 is 10.6 Å². The maximum absolute atomic E-state index is 3.62. The molecule has 0 saturated carbocycles. The number of rotatable bonds is 4. The zero-order valence-electron chi connectivity index (χ0n) is 12.8. The van der Waals surface area contributed by atoms with E-state index in [4.69, 9.17) is 0 Å². The van der Waals surface area contributed by atoms with Gasteiger partial charge in [-0.3, -0.25) is 0 Å². The molecule has 1 saturated heterocycles. The Balaban J connectivity index is 1.94. The van der Waals surface area contributed by atoms with E-state index in [-0.39, 0.29) is 5.41 Å². The normalized spacial score (nSPS) is 19.9. The number of aryl methyl sites for hydroxylation is 1. The van der Waals surface area contributed by atoms with Crippen molar-refractivity contribution in [2.75, 3.05) is 19.6 Å². The maximum Gasteiger partial charge on any atom is 0.0208 e. The number of benzene rings is 1. The molecule has 1 atom stereocenters. The lowest BCUT2D eigenvalue weighted by Crippen LogP contribution is -2.24. The smallest absolute Gasteiger partial charge is 0.0208 e. The van der Waals surface area contributed by atoms with Crippen LogP contribution in [0.4, 0.5) is 0 Å². The molecule has 0 radical (unpaired) electrons. The predicted octanol–water partition coefficient (Wildman–Crippen LogP) is 2.99. The largest absolute Gasteiger partial charge is 0.316 e. The SMILES string of the molecule is Cc1ccc(C(C)(C)C)cc1CNCC1CCNC1. The van der Waals surface area contributed by atoms with E-state index < -0.39 is 0 Å². The van der Waals surface area contributed by atoms with Crippen LogP contribution in [0.5, 0.6) is 0 Å². The highest BCUT2D eigenvalue weighted by Gasteiger charge is 2.16. The first kappa shape index (κ1) is 14.5. The zero-order valence-corrected chi connectivity index (χ0v) is 12.8. The third kappa shape index (κ3) is 4.05. The molecule has 2 nitrogen and oxygen atoms in total. The molecule has 0 amide bonds. The van der Waals surface area contributed by atoms with Gasteiger partial charge in [-0.15, -0.1) is 0 Å². The van der Waals surface area contributed by atoms with Crippen LogP contribution in [-0.2, 0) is 12.0 Å². The molecule has 19 heavy (non-hydrogen) atoms. The Kier molecular flexibility index (Phi) is 4.64. The van der Waals surface area contributed by atoms with Gasteiger partial charge in [0.1, 0.15) is 0 Å². The summed E-state index contributed by atoms with van der Waals surface area (Å²) in [5, 5.41) is 7.04. The van der Waals surface area contributed by atoms with Gasteiger partial charge < -0.3 is 10.6 Å². The molecule has 2 heteroatoms. The van der Waals surface area contributed by atoms with E-state index in [0.29, 0.717) is 0 Å². The molecule has 0 spiro atoms. The number of nitrogens with one attached hydrogen (secondary N) is 2. The molecule has 1 aromatic carbocycles. The first-order chi connectivity index (χ1) is 8.97. The van der Waals surface area contributed by atoms with Gasteiger partial charge in [-0.2, -0.15) is 0 Å². The third-order valence-corrected chi connectivity index (χ3v) is 4.13. The number of hydrogen-bond acceptors (Lipinski definition) is 2. The van der Waals surface area contributed by atoms with Crippen molar-refractivity contribution in [1.29, 1.82) is 0 Å². The number of hydrogen-bond donors (Lipinski definition) is 2. The van der Waals surface area contributed by atoms with Crippen LogP contribution in [0.15, 0.2) is 18.2 Å². The van der Waals surface area contributed by atoms with Gasteiger partial charge in [0, 0.05) is 6.54 Å². The van der Waals surface area contributed by atoms with E-state index in [1.807, 2.05) is 0 Å². The van der Waals surface area contributed by atoms with Gasteiger partial charge in [0.25, 0.3) is 0 Å². The molecule has 0 aliphatic carbocycles. The average molecular weight is 260 g/mol. The topological polar surface area (TPSA) is 24.1 Å². The minimum atomic E-state index is 0.234. The van der Waals surface area contributed by atoms with Crippen molar-refractivity contribution in [3.63, 3.8) is 0 Å². The second kappa shape index (κ2) is 6.06. The molecule has 2 N–H and O–H groups in total. The van der Waals surface area contributed by atoms with Crippen LogP contribution >= 0.6 is 0 Å². The molecule has 2 rings (SSSR count). The highest BCUT2D eigenvalue weighted by atomic mass is 14.9. The van der Waals surface area contributed by atoms with Crippen molar-refractivity contribution in [2.45, 2.75) is 46.1 Å². The quantitative estimate of drug-likeness (QED) is 0.869. The lowest BCUT2D eigenvalue weighted by molar-refractivity contribution is 0.511. The fourth-order valence-corrected chi connectivity index (χ4v) is 2.63. The summed E-state index contributed by atoms with van der Waals surface area (Å²) < 4.78 is 0. The van der Waals surface area contributed by atoms with Crippen molar-refractivity contribution in [3.8, 4) is 0 Å². The van der Waals surface area contributed by atoms with Gasteiger partial charge in [0.2, 0.25) is 0 Å². The Hall–Kier alpha value is -0.860. The van der Waals surface area contributed by atoms with Gasteiger partial charge in [-0.25, -0.2) is 0 Å². The molecule has 1 fully saturated rings. The molecule has 0 aromatic heterocycles. The van der Waals surface area contributed by atoms with E-state index in [9.17, 15) is 0 Å². The lowest BCUT2D eigenvalue weighted by atomic mass is 9.85. The van der Waals surface area contributed by atoms with Crippen molar-refractivity contribution >= 4 is 0 Å². The molecule has 1 heterocycles.